The van der Waals surface area contributed by atoms with Crippen LogP contribution in [-0.4, -0.2) is 9.78 Å². The van der Waals surface area contributed by atoms with Crippen LogP contribution in [0.2, 0.25) is 0 Å². The van der Waals surface area contributed by atoms with Crippen LogP contribution in [0.15, 0.2) is 28.8 Å². The molecule has 56 valence electrons. The minimum atomic E-state index is -2.65. The third-order valence-electron chi connectivity index (χ3n) is 1.24. The van der Waals surface area contributed by atoms with Gasteiger partial charge >= 0.3 is 0 Å². The van der Waals surface area contributed by atoms with Gasteiger partial charge in [0, 0.05) is 20.9 Å². The quantitative estimate of drug-likeness (QED) is 0.663. The molecule has 11 heavy (non-hydrogen) atoms. The lowest BCUT2D eigenvalue weighted by atomic mass is 10.3. The summed E-state index contributed by atoms with van der Waals surface area (Å²) in [7, 11) is 0. The Kier molecular flexibility index (Phi) is 0.551. The standard InChI is InChI=1S/C8H7BrN2/c1-11-8-3-2-7(9)4-6(8)5-10-11/h2-5H,1H3/i1D3,2D,3D,4D,5D. The molecule has 1 aromatic heterocycles. The van der Waals surface area contributed by atoms with E-state index in [9.17, 15) is 0 Å². The number of halogens is 1. The maximum absolute atomic E-state index is 7.78. The third kappa shape index (κ3) is 1.05. The van der Waals surface area contributed by atoms with Gasteiger partial charge in [-0.3, -0.25) is 4.68 Å². The molecule has 2 rings (SSSR count). The summed E-state index contributed by atoms with van der Waals surface area (Å²) in [6.07, 6.45) is -0.389. The molecule has 0 radical (unpaired) electrons. The Bertz CT molecular complexity index is 645. The van der Waals surface area contributed by atoms with E-state index >= 15 is 0 Å². The molecule has 2 aromatic rings. The van der Waals surface area contributed by atoms with E-state index in [1.54, 1.807) is 0 Å². The molecule has 0 saturated carbocycles. The summed E-state index contributed by atoms with van der Waals surface area (Å²) < 4.78 is 53.3. The fourth-order valence-corrected chi connectivity index (χ4v) is 1.06. The number of nitrogens with zero attached hydrogens (tertiary/aromatic N) is 2. The minimum absolute atomic E-state index is 0.0426. The second-order valence-electron chi connectivity index (χ2n) is 1.94. The topological polar surface area (TPSA) is 17.8 Å². The Labute approximate surface area is 82.8 Å². The first-order chi connectivity index (χ1) is 8.16. The lowest BCUT2D eigenvalue weighted by Gasteiger charge is -1.92. The minimum Gasteiger partial charge on any atom is -0.268 e. The molecule has 0 aliphatic heterocycles. The Morgan fingerprint density at radius 1 is 1.73 bits per heavy atom. The van der Waals surface area contributed by atoms with Crippen LogP contribution < -0.4 is 0 Å². The van der Waals surface area contributed by atoms with Crippen LogP contribution in [-0.2, 0) is 6.98 Å². The highest BCUT2D eigenvalue weighted by atomic mass is 79.9. The molecular weight excluding hydrogens is 204 g/mol. The van der Waals surface area contributed by atoms with E-state index in [2.05, 4.69) is 21.0 Å². The SMILES string of the molecule is [2H]c1c(Br)c([2H])c2c([2H])nn(C([2H])([2H])[2H])c2c1[2H]. The van der Waals surface area contributed by atoms with E-state index < -0.39 is 6.98 Å². The normalized spacial score (nSPS) is 21.0. The average molecular weight is 218 g/mol. The number of aromatic nitrogens is 2. The average Bonchev–Trinajstić information content (AvgIpc) is 2.61. The van der Waals surface area contributed by atoms with E-state index in [1.165, 1.54) is 0 Å². The number of hydrogen-bond donors (Lipinski definition) is 0. The Morgan fingerprint density at radius 2 is 2.64 bits per heavy atom. The van der Waals surface area contributed by atoms with Crippen molar-refractivity contribution in [2.45, 2.75) is 0 Å². The molecule has 0 amide bonds. The predicted octanol–water partition coefficient (Wildman–Crippen LogP) is 2.34. The van der Waals surface area contributed by atoms with E-state index in [0.717, 1.165) is 0 Å². The van der Waals surface area contributed by atoms with Crippen LogP contribution in [0.5, 0.6) is 0 Å². The molecule has 1 heterocycles. The molecular formula is C8H7BrN2. The van der Waals surface area contributed by atoms with Gasteiger partial charge in [-0.1, -0.05) is 15.9 Å². The van der Waals surface area contributed by atoms with Crippen LogP contribution in [0.25, 0.3) is 10.9 Å². The van der Waals surface area contributed by atoms with Crippen LogP contribution in [0.3, 0.4) is 0 Å². The summed E-state index contributed by atoms with van der Waals surface area (Å²) in [5, 5.41) is 3.50. The van der Waals surface area contributed by atoms with Gasteiger partial charge in [0.25, 0.3) is 0 Å². The molecule has 0 aliphatic rings. The lowest BCUT2D eigenvalue weighted by molar-refractivity contribution is 0.797. The van der Waals surface area contributed by atoms with Gasteiger partial charge in [0.2, 0.25) is 0 Å². The van der Waals surface area contributed by atoms with Crippen molar-refractivity contribution in [3.63, 3.8) is 0 Å². The molecule has 0 saturated heterocycles. The Balaban J connectivity index is 3.05. The summed E-state index contributed by atoms with van der Waals surface area (Å²) in [6.45, 7) is -2.65. The predicted molar refractivity (Wildman–Crippen MR) is 48.4 cm³/mol. The smallest absolute Gasteiger partial charge is 0.0866 e. The van der Waals surface area contributed by atoms with Crippen LogP contribution in [0, 0.1) is 0 Å². The van der Waals surface area contributed by atoms with Crippen molar-refractivity contribution in [1.29, 1.82) is 0 Å². The highest BCUT2D eigenvalue weighted by Gasteiger charge is 1.97. The van der Waals surface area contributed by atoms with Crippen molar-refractivity contribution in [3.05, 3.63) is 28.8 Å². The van der Waals surface area contributed by atoms with Gasteiger partial charge in [-0.15, -0.1) is 0 Å². The van der Waals surface area contributed by atoms with Crippen molar-refractivity contribution < 1.29 is 9.60 Å². The molecule has 0 fully saturated rings. The second kappa shape index (κ2) is 2.34. The van der Waals surface area contributed by atoms with E-state index in [-0.39, 0.29) is 39.7 Å². The molecule has 0 atom stereocenters. The monoisotopic (exact) mass is 217 g/mol. The number of aryl methyl sites for hydroxylation is 1. The Morgan fingerprint density at radius 3 is 3.45 bits per heavy atom. The second-order valence-corrected chi connectivity index (χ2v) is 2.73. The van der Waals surface area contributed by atoms with Gasteiger partial charge in [-0.25, -0.2) is 0 Å². The van der Waals surface area contributed by atoms with E-state index in [4.69, 9.17) is 9.60 Å². The first-order valence-electron chi connectivity index (χ1n) is 6.31. The maximum Gasteiger partial charge on any atom is 0.0866 e. The van der Waals surface area contributed by atoms with E-state index in [0.29, 0.717) is 4.68 Å². The summed E-state index contributed by atoms with van der Waals surface area (Å²) in [5.74, 6) is 0. The molecule has 3 heteroatoms. The zero-order chi connectivity index (χ0) is 13.8. The molecule has 0 aliphatic carbocycles. The number of benzene rings is 1. The Hall–Kier alpha value is -0.830. The third-order valence-corrected chi connectivity index (χ3v) is 1.63. The van der Waals surface area contributed by atoms with Gasteiger partial charge in [-0.05, 0) is 18.1 Å². The number of fused-ring (bicyclic) bond motifs is 1. The van der Waals surface area contributed by atoms with Crippen molar-refractivity contribution in [1.82, 2.24) is 9.78 Å². The zero-order valence-electron chi connectivity index (χ0n) is 12.3. The summed E-state index contributed by atoms with van der Waals surface area (Å²) in [4.78, 5) is 0. The molecule has 1 aromatic carbocycles. The fourth-order valence-electron chi connectivity index (χ4n) is 0.767. The molecule has 0 bridgehead atoms. The fraction of sp³-hybridized carbons (Fsp3) is 0.125. The largest absolute Gasteiger partial charge is 0.268 e. The summed E-state index contributed by atoms with van der Waals surface area (Å²) in [6, 6.07) is -0.862. The van der Waals surface area contributed by atoms with Gasteiger partial charge in [0.1, 0.15) is 0 Å². The first-order valence-corrected chi connectivity index (χ1v) is 3.60. The van der Waals surface area contributed by atoms with Crippen LogP contribution in [0.1, 0.15) is 9.60 Å². The van der Waals surface area contributed by atoms with Crippen molar-refractivity contribution >= 4 is 26.8 Å². The van der Waals surface area contributed by atoms with Crippen LogP contribution >= 0.6 is 15.9 Å². The maximum atomic E-state index is 7.78. The van der Waals surface area contributed by atoms with E-state index in [1.807, 2.05) is 0 Å². The molecule has 0 N–H and O–H groups in total. The summed E-state index contributed by atoms with van der Waals surface area (Å²) in [5.41, 5.74) is -0.182. The van der Waals surface area contributed by atoms with Gasteiger partial charge in [0.05, 0.1) is 17.2 Å². The van der Waals surface area contributed by atoms with Gasteiger partial charge < -0.3 is 0 Å². The van der Waals surface area contributed by atoms with Gasteiger partial charge in [-0.2, -0.15) is 5.10 Å². The number of hydrogen-bond acceptors (Lipinski definition) is 1. The summed E-state index contributed by atoms with van der Waals surface area (Å²) >= 11 is 2.99. The first kappa shape index (κ1) is 2.59. The molecule has 2 nitrogen and oxygen atoms in total. The highest BCUT2D eigenvalue weighted by molar-refractivity contribution is 9.10. The van der Waals surface area contributed by atoms with Crippen LogP contribution in [0.4, 0.5) is 0 Å². The molecule has 0 spiro atoms. The van der Waals surface area contributed by atoms with Crippen molar-refractivity contribution in [2.75, 3.05) is 0 Å². The number of rotatable bonds is 0. The van der Waals surface area contributed by atoms with Crippen molar-refractivity contribution in [3.8, 4) is 0 Å². The molecule has 0 unspecified atom stereocenters. The van der Waals surface area contributed by atoms with Gasteiger partial charge in [0.15, 0.2) is 0 Å². The zero-order valence-corrected chi connectivity index (χ0v) is 6.86. The lowest BCUT2D eigenvalue weighted by Crippen LogP contribution is -1.87. The highest BCUT2D eigenvalue weighted by Crippen LogP contribution is 2.18. The van der Waals surface area contributed by atoms with Crippen molar-refractivity contribution in [2.24, 2.45) is 6.98 Å².